The van der Waals surface area contributed by atoms with Gasteiger partial charge < -0.3 is 19.9 Å². The van der Waals surface area contributed by atoms with E-state index in [0.29, 0.717) is 15.8 Å². The Morgan fingerprint density at radius 3 is 2.58 bits per heavy atom. The third-order valence-corrected chi connectivity index (χ3v) is 5.96. The number of hydrogen-bond donors (Lipinski definition) is 2. The molecule has 7 heteroatoms. The molecule has 5 rings (SSSR count). The molecule has 1 fully saturated rings. The molecule has 3 heterocycles. The molecule has 31 heavy (non-hydrogen) atoms. The lowest BCUT2D eigenvalue weighted by molar-refractivity contribution is 0.472. The minimum Gasteiger partial charge on any atom is -0.506 e. The fraction of sp³-hybridized carbons (Fsp3) is 0.0833. The minimum atomic E-state index is -0.246. The van der Waals surface area contributed by atoms with E-state index in [-0.39, 0.29) is 17.8 Å². The van der Waals surface area contributed by atoms with Gasteiger partial charge >= 0.3 is 0 Å². The molecule has 1 aliphatic rings. The summed E-state index contributed by atoms with van der Waals surface area (Å²) in [6.07, 6.45) is 3.77. The Kier molecular flexibility index (Phi) is 5.10. The number of phenolic OH excluding ortho intramolecular Hbond substituents is 1. The van der Waals surface area contributed by atoms with Crippen LogP contribution in [0.4, 0.5) is 5.69 Å². The summed E-state index contributed by atoms with van der Waals surface area (Å²) in [5.74, 6) is 0.166. The lowest BCUT2D eigenvalue weighted by Crippen LogP contribution is -2.30. The maximum absolute atomic E-state index is 10.6. The van der Waals surface area contributed by atoms with Gasteiger partial charge in [-0.1, -0.05) is 35.9 Å². The zero-order valence-electron chi connectivity index (χ0n) is 16.4. The number of pyridine rings is 1. The van der Waals surface area contributed by atoms with Gasteiger partial charge in [0.15, 0.2) is 5.11 Å². The van der Waals surface area contributed by atoms with Gasteiger partial charge in [-0.2, -0.15) is 0 Å². The normalized spacial score (nSPS) is 18.2. The third kappa shape index (κ3) is 3.54. The van der Waals surface area contributed by atoms with Crippen LogP contribution in [0, 0.1) is 0 Å². The number of anilines is 1. The number of hydrogen-bond acceptors (Lipinski definition) is 3. The first-order valence-electron chi connectivity index (χ1n) is 9.85. The van der Waals surface area contributed by atoms with Crippen LogP contribution in [0.15, 0.2) is 91.3 Å². The van der Waals surface area contributed by atoms with E-state index in [1.165, 1.54) is 0 Å². The highest BCUT2D eigenvalue weighted by atomic mass is 35.5. The zero-order chi connectivity index (χ0) is 21.4. The summed E-state index contributed by atoms with van der Waals surface area (Å²) in [6.45, 7) is 0. The van der Waals surface area contributed by atoms with Crippen LogP contribution in [-0.2, 0) is 0 Å². The first kappa shape index (κ1) is 19.6. The number of benzene rings is 2. The Morgan fingerprint density at radius 1 is 0.968 bits per heavy atom. The quantitative estimate of drug-likeness (QED) is 0.410. The highest BCUT2D eigenvalue weighted by Gasteiger charge is 2.42. The molecule has 2 atom stereocenters. The predicted octanol–water partition coefficient (Wildman–Crippen LogP) is 5.41. The van der Waals surface area contributed by atoms with Crippen molar-refractivity contribution in [2.45, 2.75) is 12.1 Å². The van der Waals surface area contributed by atoms with Crippen molar-refractivity contribution < 1.29 is 5.11 Å². The molecule has 5 nitrogen and oxygen atoms in total. The average Bonchev–Trinajstić information content (AvgIpc) is 3.39. The molecular weight excluding hydrogens is 428 g/mol. The lowest BCUT2D eigenvalue weighted by Gasteiger charge is -2.29. The number of nitrogens with zero attached hydrogens (tertiary/aromatic N) is 3. The number of aromatic hydroxyl groups is 1. The summed E-state index contributed by atoms with van der Waals surface area (Å²) in [4.78, 5) is 6.54. The van der Waals surface area contributed by atoms with Crippen LogP contribution < -0.4 is 10.2 Å². The molecule has 2 aromatic carbocycles. The van der Waals surface area contributed by atoms with Gasteiger partial charge in [0, 0.05) is 28.8 Å². The standard InChI is InChI=1S/C24H19ClN4OS/c25-16-7-5-8-17(15-16)28-14-6-11-20(28)23-22(18-9-3-4-13-26-18)27-24(31)29(23)19-10-1-2-12-21(19)30/h1-15,22-23,30H,(H,27,31)/t22-,23+/m1/s1. The van der Waals surface area contributed by atoms with Gasteiger partial charge in [0.25, 0.3) is 0 Å². The summed E-state index contributed by atoms with van der Waals surface area (Å²) in [7, 11) is 0. The second-order valence-electron chi connectivity index (χ2n) is 7.27. The van der Waals surface area contributed by atoms with Gasteiger partial charge in [-0.05, 0) is 66.8 Å². The van der Waals surface area contributed by atoms with Crippen LogP contribution in [0.1, 0.15) is 23.5 Å². The van der Waals surface area contributed by atoms with Crippen molar-refractivity contribution in [3.63, 3.8) is 0 Å². The summed E-state index contributed by atoms with van der Waals surface area (Å²) in [5.41, 5.74) is 3.45. The largest absolute Gasteiger partial charge is 0.506 e. The molecule has 0 saturated carbocycles. The van der Waals surface area contributed by atoms with Crippen LogP contribution in [0.3, 0.4) is 0 Å². The molecule has 0 unspecified atom stereocenters. The Balaban J connectivity index is 1.69. The average molecular weight is 447 g/mol. The Bertz CT molecular complexity index is 1240. The van der Waals surface area contributed by atoms with Crippen molar-refractivity contribution in [2.24, 2.45) is 0 Å². The van der Waals surface area contributed by atoms with E-state index in [0.717, 1.165) is 17.1 Å². The maximum atomic E-state index is 10.6. The summed E-state index contributed by atoms with van der Waals surface area (Å²) < 4.78 is 2.09. The summed E-state index contributed by atoms with van der Waals surface area (Å²) >= 11 is 12.0. The minimum absolute atomic E-state index is 0.166. The van der Waals surface area contributed by atoms with Crippen molar-refractivity contribution in [1.29, 1.82) is 0 Å². The highest BCUT2D eigenvalue weighted by molar-refractivity contribution is 7.80. The van der Waals surface area contributed by atoms with Crippen LogP contribution >= 0.6 is 23.8 Å². The molecule has 0 amide bonds. The van der Waals surface area contributed by atoms with Gasteiger partial charge in [-0.25, -0.2) is 0 Å². The first-order valence-corrected chi connectivity index (χ1v) is 10.6. The molecular formula is C24H19ClN4OS. The third-order valence-electron chi connectivity index (χ3n) is 5.41. The van der Waals surface area contributed by atoms with Crippen molar-refractivity contribution in [3.8, 4) is 11.4 Å². The fourth-order valence-electron chi connectivity index (χ4n) is 4.08. The molecule has 0 bridgehead atoms. The number of phenols is 1. The molecule has 154 valence electrons. The SMILES string of the molecule is Oc1ccccc1N1C(=S)N[C@H](c2ccccn2)[C@@H]1c1cccn1-c1cccc(Cl)c1. The first-order chi connectivity index (χ1) is 15.1. The van der Waals surface area contributed by atoms with E-state index < -0.39 is 0 Å². The lowest BCUT2D eigenvalue weighted by atomic mass is 10.0. The number of para-hydroxylation sites is 2. The molecule has 0 radical (unpaired) electrons. The van der Waals surface area contributed by atoms with E-state index in [2.05, 4.69) is 20.9 Å². The van der Waals surface area contributed by atoms with E-state index in [4.69, 9.17) is 23.8 Å². The second-order valence-corrected chi connectivity index (χ2v) is 8.09. The molecule has 4 aromatic rings. The van der Waals surface area contributed by atoms with Gasteiger partial charge in [0.05, 0.1) is 17.4 Å². The molecule has 2 aromatic heterocycles. The second kappa shape index (κ2) is 8.06. The van der Waals surface area contributed by atoms with E-state index in [9.17, 15) is 5.11 Å². The van der Waals surface area contributed by atoms with Crippen molar-refractivity contribution in [2.75, 3.05) is 4.90 Å². The van der Waals surface area contributed by atoms with E-state index in [1.807, 2.05) is 71.8 Å². The fourth-order valence-corrected chi connectivity index (χ4v) is 4.60. The summed E-state index contributed by atoms with van der Waals surface area (Å²) in [6, 6.07) is 24.4. The predicted molar refractivity (Wildman–Crippen MR) is 127 cm³/mol. The van der Waals surface area contributed by atoms with Gasteiger partial charge in [-0.15, -0.1) is 0 Å². The molecule has 1 saturated heterocycles. The number of nitrogens with one attached hydrogen (secondary N) is 1. The number of rotatable bonds is 4. The number of aromatic nitrogens is 2. The molecule has 2 N–H and O–H groups in total. The smallest absolute Gasteiger partial charge is 0.174 e. The van der Waals surface area contributed by atoms with Gasteiger partial charge in [0.2, 0.25) is 0 Å². The zero-order valence-corrected chi connectivity index (χ0v) is 18.0. The van der Waals surface area contributed by atoms with Crippen LogP contribution in [0.5, 0.6) is 5.75 Å². The van der Waals surface area contributed by atoms with Gasteiger partial charge in [0.1, 0.15) is 11.8 Å². The van der Waals surface area contributed by atoms with E-state index >= 15 is 0 Å². The maximum Gasteiger partial charge on any atom is 0.174 e. The Labute approximate surface area is 190 Å². The highest BCUT2D eigenvalue weighted by Crippen LogP contribution is 2.44. The van der Waals surface area contributed by atoms with Crippen LogP contribution in [-0.4, -0.2) is 19.8 Å². The van der Waals surface area contributed by atoms with Crippen molar-refractivity contribution in [3.05, 3.63) is 108 Å². The summed E-state index contributed by atoms with van der Waals surface area (Å²) in [5, 5.41) is 15.2. The van der Waals surface area contributed by atoms with E-state index in [1.54, 1.807) is 18.3 Å². The van der Waals surface area contributed by atoms with Crippen LogP contribution in [0.2, 0.25) is 5.02 Å². The molecule has 0 aliphatic carbocycles. The van der Waals surface area contributed by atoms with Crippen molar-refractivity contribution >= 4 is 34.6 Å². The topological polar surface area (TPSA) is 53.3 Å². The van der Waals surface area contributed by atoms with Crippen molar-refractivity contribution in [1.82, 2.24) is 14.9 Å². The number of halogens is 1. The van der Waals surface area contributed by atoms with Gasteiger partial charge in [-0.3, -0.25) is 4.98 Å². The Hall–Kier alpha value is -3.35. The monoisotopic (exact) mass is 446 g/mol. The molecule has 1 aliphatic heterocycles. The molecule has 0 spiro atoms. The number of thiocarbonyl (C=S) groups is 1. The van der Waals surface area contributed by atoms with Crippen LogP contribution in [0.25, 0.3) is 5.69 Å². The Morgan fingerprint density at radius 2 is 1.81 bits per heavy atom.